The van der Waals surface area contributed by atoms with Gasteiger partial charge in [0.25, 0.3) is 0 Å². The number of anilines is 1. The van der Waals surface area contributed by atoms with Gasteiger partial charge in [0, 0.05) is 27.0 Å². The fourth-order valence-electron chi connectivity index (χ4n) is 1.80. The molecular weight excluding hydrogens is 232 g/mol. The molecule has 5 nitrogen and oxygen atoms in total. The second-order valence-corrected chi connectivity index (χ2v) is 4.02. The molecule has 1 heterocycles. The van der Waals surface area contributed by atoms with Crippen molar-refractivity contribution in [2.75, 3.05) is 38.9 Å². The minimum absolute atomic E-state index is 0.124. The summed E-state index contributed by atoms with van der Waals surface area (Å²) in [6.45, 7) is 3.84. The van der Waals surface area contributed by atoms with Crippen molar-refractivity contribution in [1.29, 1.82) is 0 Å². The molecule has 0 saturated carbocycles. The Morgan fingerprint density at radius 1 is 1.44 bits per heavy atom. The molecule has 0 aromatic carbocycles. The van der Waals surface area contributed by atoms with Gasteiger partial charge in [0.05, 0.1) is 24.8 Å². The molecule has 1 unspecified atom stereocenters. The van der Waals surface area contributed by atoms with Crippen molar-refractivity contribution in [3.8, 4) is 0 Å². The number of methoxy groups -OCH3 is 2. The zero-order valence-electron chi connectivity index (χ0n) is 11.1. The van der Waals surface area contributed by atoms with E-state index in [1.807, 2.05) is 11.8 Å². The van der Waals surface area contributed by atoms with E-state index in [2.05, 4.69) is 4.98 Å². The summed E-state index contributed by atoms with van der Waals surface area (Å²) in [7, 11) is 3.31. The van der Waals surface area contributed by atoms with Crippen molar-refractivity contribution >= 4 is 12.1 Å². The Balaban J connectivity index is 2.96. The Bertz CT molecular complexity index is 371. The molecule has 0 fully saturated rings. The molecule has 5 heteroatoms. The number of carbonyl (C=O) groups excluding carboxylic acids is 1. The van der Waals surface area contributed by atoms with E-state index in [0.29, 0.717) is 31.1 Å². The average Bonchev–Trinajstić information content (AvgIpc) is 2.40. The predicted octanol–water partition coefficient (Wildman–Crippen LogP) is 1.38. The normalized spacial score (nSPS) is 12.2. The molecule has 0 spiro atoms. The third kappa shape index (κ3) is 3.78. The van der Waals surface area contributed by atoms with Crippen molar-refractivity contribution in [3.05, 3.63) is 23.9 Å². The molecule has 18 heavy (non-hydrogen) atoms. The monoisotopic (exact) mass is 252 g/mol. The van der Waals surface area contributed by atoms with Crippen molar-refractivity contribution in [2.24, 2.45) is 0 Å². The average molecular weight is 252 g/mol. The summed E-state index contributed by atoms with van der Waals surface area (Å²) in [5.41, 5.74) is 0.580. The van der Waals surface area contributed by atoms with Gasteiger partial charge in [-0.2, -0.15) is 0 Å². The van der Waals surface area contributed by atoms with E-state index in [-0.39, 0.29) is 6.04 Å². The molecule has 0 amide bonds. The van der Waals surface area contributed by atoms with Gasteiger partial charge in [0.1, 0.15) is 5.82 Å². The molecule has 1 aromatic heterocycles. The Kier molecular flexibility index (Phi) is 6.32. The van der Waals surface area contributed by atoms with Gasteiger partial charge in [-0.1, -0.05) is 0 Å². The van der Waals surface area contributed by atoms with E-state index in [4.69, 9.17) is 9.47 Å². The van der Waals surface area contributed by atoms with Gasteiger partial charge in [-0.05, 0) is 19.1 Å². The number of aromatic nitrogens is 1. The summed E-state index contributed by atoms with van der Waals surface area (Å²) in [5.74, 6) is 0.675. The highest BCUT2D eigenvalue weighted by Gasteiger charge is 2.18. The predicted molar refractivity (Wildman–Crippen MR) is 70.2 cm³/mol. The molecule has 1 aromatic rings. The van der Waals surface area contributed by atoms with Crippen molar-refractivity contribution in [2.45, 2.75) is 13.0 Å². The molecule has 0 N–H and O–H groups in total. The maximum Gasteiger partial charge on any atom is 0.153 e. The Labute approximate surface area is 108 Å². The standard InChI is InChI=1S/C13H20N2O3/c1-11(10-18-3)15(7-8-17-2)13-12(9-16)5-4-6-14-13/h4-6,9,11H,7-8,10H2,1-3H3. The number of rotatable bonds is 8. The van der Waals surface area contributed by atoms with Gasteiger partial charge in [0.2, 0.25) is 0 Å². The van der Waals surface area contributed by atoms with Crippen LogP contribution in [0.3, 0.4) is 0 Å². The lowest BCUT2D eigenvalue weighted by molar-refractivity contribution is 0.112. The maximum absolute atomic E-state index is 11.1. The minimum Gasteiger partial charge on any atom is -0.383 e. The third-order valence-corrected chi connectivity index (χ3v) is 2.69. The largest absolute Gasteiger partial charge is 0.383 e. The lowest BCUT2D eigenvalue weighted by atomic mass is 10.2. The van der Waals surface area contributed by atoms with Gasteiger partial charge in [-0.25, -0.2) is 4.98 Å². The van der Waals surface area contributed by atoms with E-state index >= 15 is 0 Å². The highest BCUT2D eigenvalue weighted by molar-refractivity contribution is 5.82. The fourth-order valence-corrected chi connectivity index (χ4v) is 1.80. The maximum atomic E-state index is 11.1. The summed E-state index contributed by atoms with van der Waals surface area (Å²) in [4.78, 5) is 17.4. The molecule has 1 rings (SSSR count). The third-order valence-electron chi connectivity index (χ3n) is 2.69. The molecule has 1 atom stereocenters. The van der Waals surface area contributed by atoms with E-state index < -0.39 is 0 Å². The zero-order chi connectivity index (χ0) is 13.4. The highest BCUT2D eigenvalue weighted by atomic mass is 16.5. The first-order chi connectivity index (χ1) is 8.74. The molecule has 0 radical (unpaired) electrons. The number of hydrogen-bond donors (Lipinski definition) is 0. The second kappa shape index (κ2) is 7.79. The van der Waals surface area contributed by atoms with Gasteiger partial charge < -0.3 is 14.4 Å². The van der Waals surface area contributed by atoms with Crippen LogP contribution in [0.5, 0.6) is 0 Å². The van der Waals surface area contributed by atoms with E-state index in [9.17, 15) is 4.79 Å². The number of carbonyl (C=O) groups is 1. The van der Waals surface area contributed by atoms with Crippen LogP contribution in [-0.2, 0) is 9.47 Å². The fraction of sp³-hybridized carbons (Fsp3) is 0.538. The van der Waals surface area contributed by atoms with Crippen LogP contribution < -0.4 is 4.90 Å². The van der Waals surface area contributed by atoms with Gasteiger partial charge >= 0.3 is 0 Å². The lowest BCUT2D eigenvalue weighted by Crippen LogP contribution is -2.39. The molecule has 0 aliphatic carbocycles. The Hall–Kier alpha value is -1.46. The number of ether oxygens (including phenoxy) is 2. The van der Waals surface area contributed by atoms with Crippen molar-refractivity contribution in [1.82, 2.24) is 4.98 Å². The molecule has 100 valence electrons. The summed E-state index contributed by atoms with van der Waals surface area (Å²) in [6.07, 6.45) is 2.50. The SMILES string of the molecule is COCCN(c1ncccc1C=O)C(C)COC. The van der Waals surface area contributed by atoms with Crippen LogP contribution in [0.4, 0.5) is 5.82 Å². The van der Waals surface area contributed by atoms with Crippen LogP contribution in [-0.4, -0.2) is 51.3 Å². The Morgan fingerprint density at radius 2 is 2.22 bits per heavy atom. The lowest BCUT2D eigenvalue weighted by Gasteiger charge is -2.30. The van der Waals surface area contributed by atoms with Crippen molar-refractivity contribution in [3.63, 3.8) is 0 Å². The number of nitrogens with zero attached hydrogens (tertiary/aromatic N) is 2. The second-order valence-electron chi connectivity index (χ2n) is 4.02. The van der Waals surface area contributed by atoms with Crippen LogP contribution >= 0.6 is 0 Å². The molecule has 0 bridgehead atoms. The van der Waals surface area contributed by atoms with E-state index in [1.54, 1.807) is 32.5 Å². The van der Waals surface area contributed by atoms with Crippen molar-refractivity contribution < 1.29 is 14.3 Å². The quantitative estimate of drug-likeness (QED) is 0.654. The smallest absolute Gasteiger partial charge is 0.153 e. The van der Waals surface area contributed by atoms with Gasteiger partial charge in [-0.15, -0.1) is 0 Å². The molecule has 0 aliphatic heterocycles. The summed E-state index contributed by atoms with van der Waals surface area (Å²) in [5, 5.41) is 0. The van der Waals surface area contributed by atoms with E-state index in [0.717, 1.165) is 6.29 Å². The zero-order valence-corrected chi connectivity index (χ0v) is 11.1. The van der Waals surface area contributed by atoms with Crippen LogP contribution in [0, 0.1) is 0 Å². The van der Waals surface area contributed by atoms with Crippen LogP contribution in [0.1, 0.15) is 17.3 Å². The van der Waals surface area contributed by atoms with Gasteiger partial charge in [0.15, 0.2) is 6.29 Å². The number of aldehydes is 1. The summed E-state index contributed by atoms with van der Waals surface area (Å²) < 4.78 is 10.3. The highest BCUT2D eigenvalue weighted by Crippen LogP contribution is 2.18. The summed E-state index contributed by atoms with van der Waals surface area (Å²) in [6, 6.07) is 3.64. The first kappa shape index (κ1) is 14.6. The van der Waals surface area contributed by atoms with Gasteiger partial charge in [-0.3, -0.25) is 4.79 Å². The van der Waals surface area contributed by atoms with Crippen LogP contribution in [0.25, 0.3) is 0 Å². The minimum atomic E-state index is 0.124. The Morgan fingerprint density at radius 3 is 2.83 bits per heavy atom. The first-order valence-corrected chi connectivity index (χ1v) is 5.89. The van der Waals surface area contributed by atoms with Crippen LogP contribution in [0.15, 0.2) is 18.3 Å². The first-order valence-electron chi connectivity index (χ1n) is 5.89. The summed E-state index contributed by atoms with van der Waals surface area (Å²) >= 11 is 0. The molecule has 0 saturated heterocycles. The van der Waals surface area contributed by atoms with Crippen LogP contribution in [0.2, 0.25) is 0 Å². The number of hydrogen-bond acceptors (Lipinski definition) is 5. The molecule has 0 aliphatic rings. The number of pyridine rings is 1. The molecular formula is C13H20N2O3. The topological polar surface area (TPSA) is 51.7 Å². The van der Waals surface area contributed by atoms with E-state index in [1.165, 1.54) is 0 Å².